The molecule has 0 heterocycles. The molecule has 0 rings (SSSR count). The smallest absolute Gasteiger partial charge is 0.132 e. The molecule has 0 aromatic rings. The molecule has 11 heavy (non-hydrogen) atoms. The molecule has 0 saturated carbocycles. The maximum absolute atomic E-state index is 10.1. The molecule has 0 N–H and O–H groups in total. The highest BCUT2D eigenvalue weighted by Crippen LogP contribution is 1.89. The third-order valence-electron chi connectivity index (χ3n) is 1.09. The summed E-state index contributed by atoms with van der Waals surface area (Å²) in [5.41, 5.74) is 0. The van der Waals surface area contributed by atoms with Gasteiger partial charge in [0.25, 0.3) is 0 Å². The van der Waals surface area contributed by atoms with Gasteiger partial charge >= 0.3 is 0 Å². The summed E-state index contributed by atoms with van der Waals surface area (Å²) in [6.07, 6.45) is 0.917. The number of aldehydes is 1. The van der Waals surface area contributed by atoms with Crippen molar-refractivity contribution in [2.24, 2.45) is 11.8 Å². The molecule has 0 aromatic carbocycles. The van der Waals surface area contributed by atoms with Crippen LogP contribution in [0.3, 0.4) is 0 Å². The van der Waals surface area contributed by atoms with E-state index in [0.717, 1.165) is 6.29 Å². The van der Waals surface area contributed by atoms with Gasteiger partial charge in [-0.15, -0.1) is 0 Å². The molecular weight excluding hydrogens is 140 g/mol. The van der Waals surface area contributed by atoms with E-state index in [1.54, 1.807) is 6.92 Å². The second-order valence-corrected chi connectivity index (χ2v) is 3.15. The molecule has 0 radical (unpaired) electrons. The fraction of sp³-hybridized carbons (Fsp3) is 0.778. The number of rotatable bonds is 2. The van der Waals surface area contributed by atoms with Crippen LogP contribution in [0.5, 0.6) is 0 Å². The Balaban J connectivity index is 0. The van der Waals surface area contributed by atoms with Crippen molar-refractivity contribution in [1.29, 1.82) is 0 Å². The molecule has 2 heteroatoms. The number of hydrogen-bond donors (Lipinski definition) is 0. The molecule has 0 unspecified atom stereocenters. The van der Waals surface area contributed by atoms with Gasteiger partial charge in [0, 0.05) is 11.8 Å². The summed E-state index contributed by atoms with van der Waals surface area (Å²) in [4.78, 5) is 19.6. The number of Topliss-reactive ketones (excluding diaryl/α,β-unsaturated/α-hetero) is 1. The molecule has 0 atom stereocenters. The Bertz CT molecular complexity index is 115. The zero-order valence-corrected chi connectivity index (χ0v) is 8.05. The lowest BCUT2D eigenvalue weighted by atomic mass is 10.1. The zero-order valence-electron chi connectivity index (χ0n) is 8.05. The van der Waals surface area contributed by atoms with Crippen molar-refractivity contribution >= 4 is 12.1 Å². The minimum absolute atomic E-state index is 0.204. The normalized spacial score (nSPS) is 9.00. The van der Waals surface area contributed by atoms with Gasteiger partial charge in [-0.1, -0.05) is 27.7 Å². The Morgan fingerprint density at radius 1 is 1.18 bits per heavy atom. The maximum Gasteiger partial charge on any atom is 0.132 e. The highest BCUT2D eigenvalue weighted by molar-refractivity contribution is 5.77. The number of carbonyl (C=O) groups is 2. The van der Waals surface area contributed by atoms with Gasteiger partial charge in [0.2, 0.25) is 0 Å². The van der Waals surface area contributed by atoms with Crippen LogP contribution in [0, 0.1) is 11.8 Å². The van der Waals surface area contributed by atoms with E-state index in [4.69, 9.17) is 0 Å². The van der Waals surface area contributed by atoms with Gasteiger partial charge in [0.15, 0.2) is 0 Å². The van der Waals surface area contributed by atoms with Gasteiger partial charge in [-0.05, 0) is 6.92 Å². The van der Waals surface area contributed by atoms with Crippen molar-refractivity contribution in [3.63, 3.8) is 0 Å². The highest BCUT2D eigenvalue weighted by atomic mass is 16.1. The monoisotopic (exact) mass is 158 g/mol. The Morgan fingerprint density at radius 3 is 1.36 bits per heavy atom. The van der Waals surface area contributed by atoms with Crippen molar-refractivity contribution in [3.8, 4) is 0 Å². The first-order valence-electron chi connectivity index (χ1n) is 3.87. The minimum atomic E-state index is 0.204. The standard InChI is InChI=1S/C5H10O.C4H8O/c1-4(2)5(3)6;1-4(2)3-5/h4H,1-3H3;3-4H,1-2H3. The molecular formula is C9H18O2. The minimum Gasteiger partial charge on any atom is -0.303 e. The fourth-order valence-electron chi connectivity index (χ4n) is 0. The highest BCUT2D eigenvalue weighted by Gasteiger charge is 1.95. The molecule has 0 fully saturated rings. The molecule has 0 spiro atoms. The number of ketones is 1. The second kappa shape index (κ2) is 7.45. The molecule has 0 aliphatic carbocycles. The lowest BCUT2D eigenvalue weighted by Crippen LogP contribution is -1.98. The van der Waals surface area contributed by atoms with Crippen LogP contribution < -0.4 is 0 Å². The lowest BCUT2D eigenvalue weighted by Gasteiger charge is -1.90. The van der Waals surface area contributed by atoms with Gasteiger partial charge < -0.3 is 4.79 Å². The van der Waals surface area contributed by atoms with Crippen molar-refractivity contribution in [1.82, 2.24) is 0 Å². The van der Waals surface area contributed by atoms with E-state index in [-0.39, 0.29) is 17.6 Å². The van der Waals surface area contributed by atoms with Crippen molar-refractivity contribution in [3.05, 3.63) is 0 Å². The van der Waals surface area contributed by atoms with Crippen molar-refractivity contribution < 1.29 is 9.59 Å². The molecule has 2 nitrogen and oxygen atoms in total. The summed E-state index contributed by atoms with van der Waals surface area (Å²) in [5.74, 6) is 0.676. The Morgan fingerprint density at radius 2 is 1.36 bits per heavy atom. The lowest BCUT2D eigenvalue weighted by molar-refractivity contribution is -0.119. The Kier molecular flexibility index (Phi) is 8.78. The van der Waals surface area contributed by atoms with Crippen molar-refractivity contribution in [2.45, 2.75) is 34.6 Å². The van der Waals surface area contributed by atoms with Gasteiger partial charge in [-0.2, -0.15) is 0 Å². The van der Waals surface area contributed by atoms with Crippen LogP contribution in [0.2, 0.25) is 0 Å². The zero-order chi connectivity index (χ0) is 9.44. The summed E-state index contributed by atoms with van der Waals surface area (Å²) in [5, 5.41) is 0. The van der Waals surface area contributed by atoms with Gasteiger partial charge in [0.05, 0.1) is 0 Å². The van der Waals surface area contributed by atoms with Crippen LogP contribution in [0.4, 0.5) is 0 Å². The summed E-state index contributed by atoms with van der Waals surface area (Å²) in [6, 6.07) is 0. The molecule has 0 aliphatic heterocycles. The SMILES string of the molecule is CC(=O)C(C)C.CC(C)C=O. The summed E-state index contributed by atoms with van der Waals surface area (Å²) in [6.45, 7) is 9.09. The molecule has 0 saturated heterocycles. The average Bonchev–Trinajstić information content (AvgIpc) is 1.89. The first kappa shape index (κ1) is 13.0. The van der Waals surface area contributed by atoms with E-state index < -0.39 is 0 Å². The second-order valence-electron chi connectivity index (χ2n) is 3.15. The van der Waals surface area contributed by atoms with Crippen LogP contribution in [0.1, 0.15) is 34.6 Å². The molecule has 0 bridgehead atoms. The molecule has 0 aliphatic rings. The van der Waals surface area contributed by atoms with Gasteiger partial charge in [-0.25, -0.2) is 0 Å². The molecule has 0 amide bonds. The van der Waals surface area contributed by atoms with Crippen LogP contribution >= 0.6 is 0 Å². The van der Waals surface area contributed by atoms with Crippen LogP contribution in [0.15, 0.2) is 0 Å². The van der Waals surface area contributed by atoms with Crippen LogP contribution in [-0.4, -0.2) is 12.1 Å². The number of hydrogen-bond acceptors (Lipinski definition) is 2. The summed E-state index contributed by atoms with van der Waals surface area (Å²) < 4.78 is 0. The predicted molar refractivity (Wildman–Crippen MR) is 46.4 cm³/mol. The third-order valence-corrected chi connectivity index (χ3v) is 1.09. The average molecular weight is 158 g/mol. The molecule has 66 valence electrons. The summed E-state index contributed by atoms with van der Waals surface area (Å²) in [7, 11) is 0. The Hall–Kier alpha value is -0.660. The summed E-state index contributed by atoms with van der Waals surface area (Å²) >= 11 is 0. The number of carbonyl (C=O) groups excluding carboxylic acids is 2. The Labute approximate surface area is 69.0 Å². The fourth-order valence-corrected chi connectivity index (χ4v) is 0. The first-order chi connectivity index (χ1) is 4.91. The van der Waals surface area contributed by atoms with E-state index in [0.29, 0.717) is 0 Å². The molecule has 0 aromatic heterocycles. The first-order valence-corrected chi connectivity index (χ1v) is 3.87. The van der Waals surface area contributed by atoms with Crippen molar-refractivity contribution in [2.75, 3.05) is 0 Å². The van der Waals surface area contributed by atoms with E-state index in [1.807, 2.05) is 27.7 Å². The van der Waals surface area contributed by atoms with E-state index >= 15 is 0 Å². The maximum atomic E-state index is 10.1. The predicted octanol–water partition coefficient (Wildman–Crippen LogP) is 2.07. The van der Waals surface area contributed by atoms with E-state index in [9.17, 15) is 9.59 Å². The van der Waals surface area contributed by atoms with Crippen LogP contribution in [-0.2, 0) is 9.59 Å². The quantitative estimate of drug-likeness (QED) is 0.576. The van der Waals surface area contributed by atoms with Crippen LogP contribution in [0.25, 0.3) is 0 Å². The van der Waals surface area contributed by atoms with E-state index in [2.05, 4.69) is 0 Å². The van der Waals surface area contributed by atoms with E-state index in [1.165, 1.54) is 0 Å². The van der Waals surface area contributed by atoms with Gasteiger partial charge in [-0.3, -0.25) is 4.79 Å². The van der Waals surface area contributed by atoms with Gasteiger partial charge in [0.1, 0.15) is 12.1 Å². The topological polar surface area (TPSA) is 34.1 Å². The third kappa shape index (κ3) is 17.6. The largest absolute Gasteiger partial charge is 0.303 e.